The Morgan fingerprint density at radius 2 is 1.57 bits per heavy atom. The number of carboxylic acids is 1. The summed E-state index contributed by atoms with van der Waals surface area (Å²) in [5.74, 6) is -1.58. The number of hydrogen-bond donors (Lipinski definition) is 3. The molecular formula is C31H40FN2NaO6S. The van der Waals surface area contributed by atoms with E-state index in [0.717, 1.165) is 12.8 Å². The number of rotatable bonds is 12. The van der Waals surface area contributed by atoms with Crippen LogP contribution in [0.15, 0.2) is 59.5 Å². The zero-order chi connectivity index (χ0) is 29.9. The summed E-state index contributed by atoms with van der Waals surface area (Å²) >= 11 is 0. The van der Waals surface area contributed by atoms with Gasteiger partial charge in [0.15, 0.2) is 0 Å². The van der Waals surface area contributed by atoms with Crippen LogP contribution in [-0.2, 0) is 27.8 Å². The molecule has 0 aliphatic carbocycles. The molecule has 11 heteroatoms. The summed E-state index contributed by atoms with van der Waals surface area (Å²) in [6.45, 7) is 5.94. The van der Waals surface area contributed by atoms with Gasteiger partial charge < -0.3 is 19.9 Å². The van der Waals surface area contributed by atoms with E-state index in [9.17, 15) is 27.8 Å². The number of aromatic nitrogens is 1. The van der Waals surface area contributed by atoms with Gasteiger partial charge in [-0.25, -0.2) is 12.8 Å². The van der Waals surface area contributed by atoms with Crippen molar-refractivity contribution in [2.24, 2.45) is 0 Å². The number of nitrogens with zero attached hydrogens (tertiary/aromatic N) is 2. The number of aliphatic hydroxyl groups is 2. The van der Waals surface area contributed by atoms with Crippen molar-refractivity contribution in [1.29, 1.82) is 0 Å². The van der Waals surface area contributed by atoms with Crippen molar-refractivity contribution in [2.75, 3.05) is 0 Å². The molecule has 1 aliphatic heterocycles. The van der Waals surface area contributed by atoms with Gasteiger partial charge in [-0.1, -0.05) is 37.3 Å². The first-order chi connectivity index (χ1) is 19.4. The molecule has 0 amide bonds. The first-order valence-corrected chi connectivity index (χ1v) is 15.6. The van der Waals surface area contributed by atoms with Crippen molar-refractivity contribution in [3.63, 3.8) is 0 Å². The summed E-state index contributed by atoms with van der Waals surface area (Å²) in [6, 6.07) is 14.8. The molecule has 42 heavy (non-hydrogen) atoms. The van der Waals surface area contributed by atoms with Gasteiger partial charge >= 0.3 is 35.5 Å². The molecule has 224 valence electrons. The Kier molecular flexibility index (Phi) is 12.0. The Morgan fingerprint density at radius 1 is 0.976 bits per heavy atom. The third kappa shape index (κ3) is 7.35. The number of aliphatic carboxylic acids is 1. The van der Waals surface area contributed by atoms with E-state index in [-0.39, 0.29) is 65.9 Å². The first kappa shape index (κ1) is 34.4. The van der Waals surface area contributed by atoms with Gasteiger partial charge in [0.25, 0.3) is 0 Å². The first-order valence-electron chi connectivity index (χ1n) is 14.1. The molecule has 1 saturated heterocycles. The predicted octanol–water partition coefficient (Wildman–Crippen LogP) is 4.41. The number of halogens is 1. The van der Waals surface area contributed by atoms with Crippen molar-refractivity contribution >= 4 is 45.5 Å². The third-order valence-corrected chi connectivity index (χ3v) is 10.1. The Hall–Kier alpha value is -2.05. The van der Waals surface area contributed by atoms with Gasteiger partial charge in [-0.05, 0) is 81.3 Å². The summed E-state index contributed by atoms with van der Waals surface area (Å²) in [5, 5.41) is 29.7. The summed E-state index contributed by atoms with van der Waals surface area (Å²) in [7, 11) is -3.98. The van der Waals surface area contributed by atoms with Crippen LogP contribution in [-0.4, -0.2) is 92.4 Å². The molecule has 2 unspecified atom stereocenters. The van der Waals surface area contributed by atoms with Crippen molar-refractivity contribution in [3.8, 4) is 22.4 Å². The molecular weight excluding hydrogens is 570 g/mol. The SMILES string of the molecule is CCc1c(S(=O)(=O)N2C(C)CCC2C)c(-c2ccccc2)c(-c2ccc(F)cc2)n1CC[C@@H](O)C[C@@H](O)CC(=O)O.[NaH]. The van der Waals surface area contributed by atoms with Crippen LogP contribution in [0, 0.1) is 5.82 Å². The molecule has 1 aromatic heterocycles. The van der Waals surface area contributed by atoms with Crippen LogP contribution in [0.4, 0.5) is 4.39 Å². The number of hydrogen-bond acceptors (Lipinski definition) is 5. The summed E-state index contributed by atoms with van der Waals surface area (Å²) < 4.78 is 46.7. The number of carboxylic acid groups (broad SMARTS) is 1. The Balaban J connectivity index is 0.00000484. The zero-order valence-corrected chi connectivity index (χ0v) is 24.5. The van der Waals surface area contributed by atoms with Gasteiger partial charge in [-0.3, -0.25) is 4.79 Å². The second-order valence-corrected chi connectivity index (χ2v) is 12.7. The second-order valence-electron chi connectivity index (χ2n) is 10.9. The molecule has 2 aromatic carbocycles. The van der Waals surface area contributed by atoms with Gasteiger partial charge in [-0.15, -0.1) is 0 Å². The van der Waals surface area contributed by atoms with E-state index < -0.39 is 40.4 Å². The molecule has 1 aliphatic rings. The summed E-state index contributed by atoms with van der Waals surface area (Å²) in [4.78, 5) is 11.2. The maximum absolute atomic E-state index is 14.6. The van der Waals surface area contributed by atoms with E-state index in [2.05, 4.69) is 0 Å². The fraction of sp³-hybridized carbons (Fsp3) is 0.452. The predicted molar refractivity (Wildman–Crippen MR) is 162 cm³/mol. The van der Waals surface area contributed by atoms with Crippen LogP contribution >= 0.6 is 0 Å². The topological polar surface area (TPSA) is 120 Å². The van der Waals surface area contributed by atoms with Crippen LogP contribution < -0.4 is 0 Å². The van der Waals surface area contributed by atoms with E-state index in [0.29, 0.717) is 34.5 Å². The van der Waals surface area contributed by atoms with Crippen LogP contribution in [0.1, 0.15) is 58.6 Å². The molecule has 2 heterocycles. The number of aliphatic hydroxyl groups excluding tert-OH is 2. The van der Waals surface area contributed by atoms with E-state index >= 15 is 0 Å². The molecule has 0 bridgehead atoms. The van der Waals surface area contributed by atoms with Crippen molar-refractivity contribution in [1.82, 2.24) is 8.87 Å². The molecule has 4 rings (SSSR count). The van der Waals surface area contributed by atoms with Crippen molar-refractivity contribution in [3.05, 3.63) is 66.1 Å². The Labute approximate surface area is 269 Å². The van der Waals surface area contributed by atoms with Gasteiger partial charge in [0.2, 0.25) is 10.0 Å². The quantitative estimate of drug-likeness (QED) is 0.262. The minimum absolute atomic E-state index is 0. The van der Waals surface area contributed by atoms with Crippen LogP contribution in [0.5, 0.6) is 0 Å². The molecule has 3 N–H and O–H groups in total. The molecule has 0 spiro atoms. The number of benzene rings is 2. The number of carbonyl (C=O) groups is 1. The maximum atomic E-state index is 14.6. The molecule has 4 atom stereocenters. The third-order valence-electron chi connectivity index (χ3n) is 7.88. The number of sulfonamides is 1. The average Bonchev–Trinajstić information content (AvgIpc) is 3.44. The summed E-state index contributed by atoms with van der Waals surface area (Å²) in [5.41, 5.74) is 3.04. The van der Waals surface area contributed by atoms with Crippen LogP contribution in [0.25, 0.3) is 22.4 Å². The molecule has 8 nitrogen and oxygen atoms in total. The normalized spacial score (nSPS) is 18.9. The molecule has 3 aromatic rings. The van der Waals surface area contributed by atoms with Gasteiger partial charge in [0.1, 0.15) is 10.7 Å². The van der Waals surface area contributed by atoms with Crippen LogP contribution in [0.3, 0.4) is 0 Å². The standard InChI is InChI=1S/C31H39FN2O6S.Na.H/c1-4-27-31(41(39,40)34-20(2)10-11-21(34)3)29(22-8-6-5-7-9-22)30(23-12-14-24(32)15-13-23)33(27)17-16-25(35)18-26(36)19-28(37)38;;/h5-9,12-15,20-21,25-26,35-36H,4,10-11,16-19H2,1-3H3,(H,37,38);;/t20?,21?,25-,26-;;/m1../s1. The van der Waals surface area contributed by atoms with Crippen molar-refractivity contribution in [2.45, 2.75) is 95.0 Å². The van der Waals surface area contributed by atoms with Gasteiger partial charge in [-0.2, -0.15) is 4.31 Å². The van der Waals surface area contributed by atoms with E-state index in [4.69, 9.17) is 5.11 Å². The fourth-order valence-corrected chi connectivity index (χ4v) is 8.44. The average molecular weight is 611 g/mol. The fourth-order valence-electron chi connectivity index (χ4n) is 6.05. The van der Waals surface area contributed by atoms with E-state index in [1.165, 1.54) is 12.1 Å². The summed E-state index contributed by atoms with van der Waals surface area (Å²) in [6.07, 6.45) is -0.771. The Morgan fingerprint density at radius 3 is 2.12 bits per heavy atom. The Bertz CT molecular complexity index is 1450. The monoisotopic (exact) mass is 610 g/mol. The van der Waals surface area contributed by atoms with Crippen molar-refractivity contribution < 1.29 is 32.9 Å². The zero-order valence-electron chi connectivity index (χ0n) is 23.7. The van der Waals surface area contributed by atoms with Gasteiger partial charge in [0.05, 0.1) is 24.3 Å². The van der Waals surface area contributed by atoms with E-state index in [1.54, 1.807) is 16.4 Å². The van der Waals surface area contributed by atoms with Gasteiger partial charge in [0, 0.05) is 29.9 Å². The van der Waals surface area contributed by atoms with Crippen LogP contribution in [0.2, 0.25) is 0 Å². The minimum atomic E-state index is -3.98. The van der Waals surface area contributed by atoms with E-state index in [1.807, 2.05) is 55.7 Å². The molecule has 1 fully saturated rings. The molecule has 0 radical (unpaired) electrons. The second kappa shape index (κ2) is 14.6. The molecule has 0 saturated carbocycles.